The van der Waals surface area contributed by atoms with Crippen molar-refractivity contribution in [2.45, 2.75) is 45.8 Å². The summed E-state index contributed by atoms with van der Waals surface area (Å²) in [6, 6.07) is 7.82. The lowest BCUT2D eigenvalue weighted by Gasteiger charge is -2.27. The summed E-state index contributed by atoms with van der Waals surface area (Å²) in [5, 5.41) is 7.33. The van der Waals surface area contributed by atoms with E-state index in [1.54, 1.807) is 35.0 Å². The van der Waals surface area contributed by atoms with Gasteiger partial charge in [0.2, 0.25) is 23.7 Å². The topological polar surface area (TPSA) is 213 Å². The lowest BCUT2D eigenvalue weighted by atomic mass is 10.1. The van der Waals surface area contributed by atoms with Gasteiger partial charge in [-0.05, 0) is 57.0 Å². The quantitative estimate of drug-likeness (QED) is 0.185. The number of aryl methyl sites for hydroxylation is 3. The first-order valence-electron chi connectivity index (χ1n) is 14.1. The summed E-state index contributed by atoms with van der Waals surface area (Å²) in [5.41, 5.74) is 21.2. The highest BCUT2D eigenvalue weighted by Crippen LogP contribution is 2.39. The number of carbonyl (C=O) groups excluding carboxylic acids is 3. The number of nitrogen functional groups attached to an aromatic ring is 1. The number of hydrogen-bond acceptors (Lipinski definition) is 9. The van der Waals surface area contributed by atoms with E-state index in [2.05, 4.69) is 20.4 Å². The van der Waals surface area contributed by atoms with Gasteiger partial charge in [-0.3, -0.25) is 24.4 Å². The lowest BCUT2D eigenvalue weighted by Crippen LogP contribution is -2.26. The van der Waals surface area contributed by atoms with Crippen LogP contribution in [0, 0.1) is 6.92 Å². The van der Waals surface area contributed by atoms with Gasteiger partial charge in [-0.15, -0.1) is 0 Å². The van der Waals surface area contributed by atoms with Crippen molar-refractivity contribution < 1.29 is 23.9 Å². The van der Waals surface area contributed by atoms with Gasteiger partial charge in [0.05, 0.1) is 29.9 Å². The number of fused-ring (bicyclic) bond motifs is 1. The molecular weight excluding hydrogens is 568 g/mol. The number of ether oxygens (including phenoxy) is 2. The highest BCUT2D eigenvalue weighted by atomic mass is 16.5. The fraction of sp³-hybridized carbons (Fsp3) is 0.310. The number of nitrogens with one attached hydrogen (secondary N) is 1. The minimum atomic E-state index is -0.611. The summed E-state index contributed by atoms with van der Waals surface area (Å²) in [7, 11) is 1.50. The van der Waals surface area contributed by atoms with Crippen LogP contribution in [0.4, 0.5) is 11.9 Å². The van der Waals surface area contributed by atoms with Crippen LogP contribution < -0.4 is 32.0 Å². The summed E-state index contributed by atoms with van der Waals surface area (Å²) in [6.07, 6.45) is 1.24. The Balaban J connectivity index is 1.33. The number of anilines is 2. The van der Waals surface area contributed by atoms with E-state index in [-0.39, 0.29) is 35.6 Å². The number of hydrogen-bond donors (Lipinski definition) is 4. The molecule has 0 unspecified atom stereocenters. The highest BCUT2D eigenvalue weighted by Gasteiger charge is 2.30. The Morgan fingerprint density at radius 2 is 1.75 bits per heavy atom. The van der Waals surface area contributed by atoms with Crippen LogP contribution in [0.2, 0.25) is 0 Å². The molecule has 15 nitrogen and oxygen atoms in total. The molecule has 6 rings (SSSR count). The molecule has 1 aliphatic heterocycles. The fourth-order valence-corrected chi connectivity index (χ4v) is 5.76. The van der Waals surface area contributed by atoms with Crippen LogP contribution in [-0.2, 0) is 13.1 Å². The van der Waals surface area contributed by atoms with Crippen molar-refractivity contribution in [1.82, 2.24) is 28.9 Å². The third-order valence-corrected chi connectivity index (χ3v) is 7.75. The Hall–Kier alpha value is -5.60. The van der Waals surface area contributed by atoms with Gasteiger partial charge in [0.25, 0.3) is 5.91 Å². The zero-order valence-corrected chi connectivity index (χ0v) is 24.5. The lowest BCUT2D eigenvalue weighted by molar-refractivity contribution is 0.0991. The monoisotopic (exact) mass is 600 g/mol. The molecule has 15 heteroatoms. The first-order chi connectivity index (χ1) is 21.1. The second-order valence-corrected chi connectivity index (χ2v) is 10.6. The van der Waals surface area contributed by atoms with E-state index in [0.717, 1.165) is 5.69 Å². The maximum absolute atomic E-state index is 13.4. The van der Waals surface area contributed by atoms with Gasteiger partial charge in [-0.1, -0.05) is 0 Å². The van der Waals surface area contributed by atoms with E-state index in [4.69, 9.17) is 26.7 Å². The maximum Gasteiger partial charge on any atom is 0.276 e. The summed E-state index contributed by atoms with van der Waals surface area (Å²) >= 11 is 0. The Labute approximate surface area is 250 Å². The first kappa shape index (κ1) is 28.5. The molecule has 5 aromatic rings. The number of rotatable bonds is 10. The molecule has 7 N–H and O–H groups in total. The van der Waals surface area contributed by atoms with Crippen LogP contribution in [-0.4, -0.2) is 60.3 Å². The molecule has 0 saturated carbocycles. The zero-order valence-electron chi connectivity index (χ0n) is 24.5. The molecule has 1 aliphatic rings. The molecule has 0 spiro atoms. The molecular formula is C29H32N10O5. The number of benzene rings is 2. The van der Waals surface area contributed by atoms with Gasteiger partial charge in [-0.2, -0.15) is 5.10 Å². The van der Waals surface area contributed by atoms with Gasteiger partial charge in [0.15, 0.2) is 0 Å². The maximum atomic E-state index is 13.4. The number of amides is 3. The molecule has 228 valence electrons. The number of nitrogens with two attached hydrogens (primary N) is 3. The highest BCUT2D eigenvalue weighted by molar-refractivity contribution is 6.04. The number of aromatic nitrogens is 6. The molecule has 0 aliphatic carbocycles. The average molecular weight is 601 g/mol. The Kier molecular flexibility index (Phi) is 7.07. The van der Waals surface area contributed by atoms with E-state index in [1.165, 1.54) is 7.11 Å². The van der Waals surface area contributed by atoms with E-state index in [9.17, 15) is 14.4 Å². The van der Waals surface area contributed by atoms with Crippen LogP contribution >= 0.6 is 0 Å². The normalized spacial score (nSPS) is 14.1. The van der Waals surface area contributed by atoms with Gasteiger partial charge >= 0.3 is 0 Å². The van der Waals surface area contributed by atoms with Gasteiger partial charge < -0.3 is 35.8 Å². The van der Waals surface area contributed by atoms with E-state index in [1.807, 2.05) is 23.0 Å². The smallest absolute Gasteiger partial charge is 0.276 e. The van der Waals surface area contributed by atoms with E-state index in [0.29, 0.717) is 71.1 Å². The molecule has 0 bridgehead atoms. The molecule has 0 radical (unpaired) electrons. The molecule has 44 heavy (non-hydrogen) atoms. The summed E-state index contributed by atoms with van der Waals surface area (Å²) in [6.45, 7) is 5.00. The molecule has 3 amide bonds. The molecule has 3 aromatic heterocycles. The van der Waals surface area contributed by atoms with Gasteiger partial charge in [0.1, 0.15) is 34.8 Å². The number of methoxy groups -OCH3 is 1. The van der Waals surface area contributed by atoms with Crippen molar-refractivity contribution in [3.8, 4) is 11.5 Å². The Morgan fingerprint density at radius 1 is 1.05 bits per heavy atom. The van der Waals surface area contributed by atoms with Crippen molar-refractivity contribution in [2.75, 3.05) is 24.8 Å². The van der Waals surface area contributed by atoms with Crippen LogP contribution in [0.25, 0.3) is 22.1 Å². The zero-order chi connectivity index (χ0) is 31.3. The minimum Gasteiger partial charge on any atom is -0.494 e. The summed E-state index contributed by atoms with van der Waals surface area (Å²) in [5.74, 6) is -0.0946. The van der Waals surface area contributed by atoms with Crippen LogP contribution in [0.3, 0.4) is 0 Å². The first-order valence-corrected chi connectivity index (χ1v) is 14.1. The summed E-state index contributed by atoms with van der Waals surface area (Å²) in [4.78, 5) is 46.3. The molecule has 4 heterocycles. The van der Waals surface area contributed by atoms with Crippen LogP contribution in [0.5, 0.6) is 11.5 Å². The molecule has 2 aromatic carbocycles. The predicted octanol–water partition coefficient (Wildman–Crippen LogP) is 2.37. The fourth-order valence-electron chi connectivity index (χ4n) is 5.76. The van der Waals surface area contributed by atoms with Crippen molar-refractivity contribution in [3.63, 3.8) is 0 Å². The predicted molar refractivity (Wildman–Crippen MR) is 162 cm³/mol. The Bertz CT molecular complexity index is 1970. The summed E-state index contributed by atoms with van der Waals surface area (Å²) < 4.78 is 17.0. The Morgan fingerprint density at radius 3 is 2.43 bits per heavy atom. The SMILES string of the molecule is CCn1nc(C)cc1C(=O)Nc1nc2cc(C(N)=O)cc3c2n1[C@H](CCCn1c(N)nc2cc(C(N)=O)cc(OC)c21)CO3. The average Bonchev–Trinajstić information content (AvgIpc) is 3.66. The van der Waals surface area contributed by atoms with Crippen molar-refractivity contribution in [2.24, 2.45) is 11.5 Å². The third-order valence-electron chi connectivity index (χ3n) is 7.75. The third kappa shape index (κ3) is 4.81. The molecule has 1 atom stereocenters. The molecule has 0 fully saturated rings. The van der Waals surface area contributed by atoms with Crippen molar-refractivity contribution in [1.29, 1.82) is 0 Å². The second kappa shape index (κ2) is 10.9. The standard InChI is InChI=1S/C29H32N10O5/c1-4-38-20(8-14(2)36-38)27(42)35-29-34-19-10-16(26(31)41)12-22-24(19)39(29)17(13-44-22)6-5-7-37-23-18(33-28(37)32)9-15(25(30)40)11-21(23)43-3/h8-12,17H,4-7,13H2,1-3H3,(H2,30,40)(H2,31,41)(H2,32,33)(H,34,35,42)/t17-/m1/s1. The number of primary amides is 2. The second-order valence-electron chi connectivity index (χ2n) is 10.6. The van der Waals surface area contributed by atoms with Crippen molar-refractivity contribution in [3.05, 3.63) is 52.8 Å². The number of imidazole rings is 2. The van der Waals surface area contributed by atoms with Crippen molar-refractivity contribution >= 4 is 51.7 Å². The number of nitrogens with zero attached hydrogens (tertiary/aromatic N) is 6. The van der Waals surface area contributed by atoms with Gasteiger partial charge in [-0.25, -0.2) is 9.97 Å². The number of carbonyl (C=O) groups is 3. The minimum absolute atomic E-state index is 0.223. The largest absolute Gasteiger partial charge is 0.494 e. The van der Waals surface area contributed by atoms with Gasteiger partial charge in [0, 0.05) is 24.2 Å². The van der Waals surface area contributed by atoms with E-state index >= 15 is 0 Å². The van der Waals surface area contributed by atoms with E-state index < -0.39 is 11.8 Å². The van der Waals surface area contributed by atoms with Crippen LogP contribution in [0.1, 0.15) is 62.7 Å². The molecule has 0 saturated heterocycles. The van der Waals surface area contributed by atoms with Crippen LogP contribution in [0.15, 0.2) is 30.3 Å².